The van der Waals surface area contributed by atoms with Crippen molar-refractivity contribution in [3.8, 4) is 0 Å². The van der Waals surface area contributed by atoms with Crippen molar-refractivity contribution in [3.05, 3.63) is 144 Å². The third-order valence-electron chi connectivity index (χ3n) is 6.86. The van der Waals surface area contributed by atoms with Gasteiger partial charge in [0.15, 0.2) is 0 Å². The average Bonchev–Trinajstić information content (AvgIpc) is 3.01. The van der Waals surface area contributed by atoms with Crippen LogP contribution in [0.4, 0.5) is 0 Å². The molecule has 1 fully saturated rings. The molecule has 1 aliphatic rings. The van der Waals surface area contributed by atoms with E-state index in [1.165, 1.54) is 0 Å². The smallest absolute Gasteiger partial charge is 0.129 e. The minimum Gasteiger partial charge on any atom is -0.374 e. The summed E-state index contributed by atoms with van der Waals surface area (Å²) >= 11 is 4.83. The van der Waals surface area contributed by atoms with Crippen LogP contribution in [-0.2, 0) is 50.1 Å². The Morgan fingerprint density at radius 2 is 0.850 bits per heavy atom. The summed E-state index contributed by atoms with van der Waals surface area (Å²) in [5.74, 6) is 0. The lowest BCUT2D eigenvalue weighted by Crippen LogP contribution is -2.59. The summed E-state index contributed by atoms with van der Waals surface area (Å²) in [7, 11) is 0. The van der Waals surface area contributed by atoms with Crippen molar-refractivity contribution in [2.24, 2.45) is 0 Å². The fraction of sp³-hybridized carbons (Fsp3) is 0.294. The first-order chi connectivity index (χ1) is 19.8. The number of thiol groups is 1. The van der Waals surface area contributed by atoms with E-state index in [1.807, 2.05) is 97.1 Å². The molecule has 0 saturated carbocycles. The molecule has 5 rings (SSSR count). The number of rotatable bonds is 13. The summed E-state index contributed by atoms with van der Waals surface area (Å²) in [6, 6.07) is 40.4. The third-order valence-corrected chi connectivity index (χ3v) is 7.27. The fourth-order valence-electron chi connectivity index (χ4n) is 4.77. The third kappa shape index (κ3) is 8.27. The summed E-state index contributed by atoms with van der Waals surface area (Å²) in [4.78, 5) is 0. The Morgan fingerprint density at radius 3 is 1.30 bits per heavy atom. The lowest BCUT2D eigenvalue weighted by molar-refractivity contribution is -0.254. The van der Waals surface area contributed by atoms with Crippen LogP contribution in [0.25, 0.3) is 0 Å². The van der Waals surface area contributed by atoms with Crippen molar-refractivity contribution >= 4 is 12.6 Å². The standard InChI is InChI=1S/C34H36O5S/c40-34-33(38-24-29-19-11-4-12-20-29)32(37-23-28-17-9-3-10-18-28)31(36-22-27-15-7-2-8-16-27)30(39-34)25-35-21-26-13-5-1-6-14-26/h1-20,30-34,40H,21-25H2/t30-,31-,32+,33-,34-/m1/s1. The highest BCUT2D eigenvalue weighted by Gasteiger charge is 2.47. The van der Waals surface area contributed by atoms with Crippen molar-refractivity contribution in [3.63, 3.8) is 0 Å². The molecule has 0 spiro atoms. The van der Waals surface area contributed by atoms with Crippen LogP contribution in [0, 0.1) is 0 Å². The van der Waals surface area contributed by atoms with Crippen LogP contribution in [-0.4, -0.2) is 36.5 Å². The van der Waals surface area contributed by atoms with E-state index in [9.17, 15) is 0 Å². The molecule has 1 aliphatic heterocycles. The van der Waals surface area contributed by atoms with Crippen LogP contribution in [0.5, 0.6) is 0 Å². The maximum absolute atomic E-state index is 6.60. The Kier molecular flexibility index (Phi) is 10.8. The van der Waals surface area contributed by atoms with Gasteiger partial charge in [-0.25, -0.2) is 0 Å². The summed E-state index contributed by atoms with van der Waals surface area (Å²) in [5, 5.41) is 0. The van der Waals surface area contributed by atoms with E-state index in [0.717, 1.165) is 22.3 Å². The van der Waals surface area contributed by atoms with Gasteiger partial charge in [0.2, 0.25) is 0 Å². The van der Waals surface area contributed by atoms with Gasteiger partial charge in [-0.05, 0) is 22.3 Å². The molecule has 0 bridgehead atoms. The van der Waals surface area contributed by atoms with Gasteiger partial charge in [-0.2, -0.15) is 0 Å². The lowest BCUT2D eigenvalue weighted by Gasteiger charge is -2.45. The van der Waals surface area contributed by atoms with Gasteiger partial charge in [0.25, 0.3) is 0 Å². The monoisotopic (exact) mass is 556 g/mol. The van der Waals surface area contributed by atoms with Gasteiger partial charge in [-0.15, -0.1) is 12.6 Å². The highest BCUT2D eigenvalue weighted by molar-refractivity contribution is 7.80. The maximum Gasteiger partial charge on any atom is 0.129 e. The summed E-state index contributed by atoms with van der Waals surface area (Å²) in [5.41, 5.74) is 3.79. The van der Waals surface area contributed by atoms with E-state index in [2.05, 4.69) is 24.3 Å². The summed E-state index contributed by atoms with van der Waals surface area (Å²) in [6.07, 6.45) is -1.73. The normalized spacial score (nSPS) is 22.7. The van der Waals surface area contributed by atoms with Gasteiger partial charge < -0.3 is 23.7 Å². The Morgan fingerprint density at radius 1 is 0.475 bits per heavy atom. The van der Waals surface area contributed by atoms with Crippen molar-refractivity contribution in [2.45, 2.75) is 56.3 Å². The molecular weight excluding hydrogens is 520 g/mol. The van der Waals surface area contributed by atoms with E-state index in [4.69, 9.17) is 36.3 Å². The molecule has 208 valence electrons. The van der Waals surface area contributed by atoms with Crippen molar-refractivity contribution in [1.82, 2.24) is 0 Å². The Bertz CT molecular complexity index is 1240. The van der Waals surface area contributed by atoms with Crippen LogP contribution in [0.15, 0.2) is 121 Å². The van der Waals surface area contributed by atoms with Gasteiger partial charge in [-0.3, -0.25) is 0 Å². The van der Waals surface area contributed by atoms with Crippen LogP contribution < -0.4 is 0 Å². The molecule has 0 aliphatic carbocycles. The molecule has 40 heavy (non-hydrogen) atoms. The quantitative estimate of drug-likeness (QED) is 0.188. The van der Waals surface area contributed by atoms with E-state index in [-0.39, 0.29) is 0 Å². The molecule has 1 heterocycles. The molecule has 4 aromatic carbocycles. The van der Waals surface area contributed by atoms with Crippen molar-refractivity contribution in [2.75, 3.05) is 6.61 Å². The minimum absolute atomic E-state index is 0.335. The zero-order valence-electron chi connectivity index (χ0n) is 22.5. The van der Waals surface area contributed by atoms with E-state index < -0.39 is 29.9 Å². The maximum atomic E-state index is 6.60. The highest BCUT2D eigenvalue weighted by Crippen LogP contribution is 2.32. The molecule has 6 heteroatoms. The van der Waals surface area contributed by atoms with Gasteiger partial charge >= 0.3 is 0 Å². The van der Waals surface area contributed by atoms with Crippen molar-refractivity contribution in [1.29, 1.82) is 0 Å². The van der Waals surface area contributed by atoms with Gasteiger partial charge in [0, 0.05) is 0 Å². The molecule has 0 aromatic heterocycles. The molecule has 0 radical (unpaired) electrons. The number of hydrogen-bond donors (Lipinski definition) is 1. The second-order valence-electron chi connectivity index (χ2n) is 9.85. The first-order valence-electron chi connectivity index (χ1n) is 13.7. The van der Waals surface area contributed by atoms with Gasteiger partial charge in [0.05, 0.1) is 33.0 Å². The molecule has 5 atom stereocenters. The van der Waals surface area contributed by atoms with Crippen LogP contribution in [0.1, 0.15) is 22.3 Å². The second kappa shape index (κ2) is 15.1. The zero-order valence-corrected chi connectivity index (χ0v) is 23.4. The first kappa shape index (κ1) is 28.6. The Labute approximate surface area is 242 Å². The molecule has 5 nitrogen and oxygen atoms in total. The average molecular weight is 557 g/mol. The van der Waals surface area contributed by atoms with Crippen molar-refractivity contribution < 1.29 is 23.7 Å². The van der Waals surface area contributed by atoms with Gasteiger partial charge in [0.1, 0.15) is 29.9 Å². The molecule has 0 unspecified atom stereocenters. The summed E-state index contributed by atoms with van der Waals surface area (Å²) in [6.45, 7) is 2.06. The van der Waals surface area contributed by atoms with Gasteiger partial charge in [-0.1, -0.05) is 121 Å². The molecule has 0 amide bonds. The summed E-state index contributed by atoms with van der Waals surface area (Å²) < 4.78 is 32.2. The van der Waals surface area contributed by atoms with E-state index >= 15 is 0 Å². The SMILES string of the molecule is S[C@H]1O[C@H](COCc2ccccc2)[C@@H](OCc2ccccc2)[C@H](OCc2ccccc2)[C@H]1OCc1ccccc1. The topological polar surface area (TPSA) is 46.2 Å². The molecule has 1 saturated heterocycles. The second-order valence-corrected chi connectivity index (χ2v) is 10.4. The molecular formula is C34H36O5S. The minimum atomic E-state index is -0.522. The predicted octanol–water partition coefficient (Wildman–Crippen LogP) is 6.61. The largest absolute Gasteiger partial charge is 0.374 e. The van der Waals surface area contributed by atoms with E-state index in [1.54, 1.807) is 0 Å². The Balaban J connectivity index is 1.36. The molecule has 0 N–H and O–H groups in total. The highest BCUT2D eigenvalue weighted by atomic mass is 32.1. The number of benzene rings is 4. The molecule has 4 aromatic rings. The van der Waals surface area contributed by atoms with Crippen LogP contribution in [0.3, 0.4) is 0 Å². The fourth-order valence-corrected chi connectivity index (χ4v) is 5.18. The number of ether oxygens (including phenoxy) is 5. The predicted molar refractivity (Wildman–Crippen MR) is 159 cm³/mol. The van der Waals surface area contributed by atoms with Crippen LogP contribution in [0.2, 0.25) is 0 Å². The first-order valence-corrected chi connectivity index (χ1v) is 14.2. The van der Waals surface area contributed by atoms with Crippen LogP contribution >= 0.6 is 12.6 Å². The van der Waals surface area contributed by atoms with E-state index in [0.29, 0.717) is 33.0 Å². The Hall–Kier alpha value is -2.97. The zero-order chi connectivity index (χ0) is 27.4. The lowest BCUT2D eigenvalue weighted by atomic mass is 9.98. The number of hydrogen-bond acceptors (Lipinski definition) is 6.